The van der Waals surface area contributed by atoms with Gasteiger partial charge in [-0.05, 0) is 35.7 Å². The van der Waals surface area contributed by atoms with E-state index in [4.69, 9.17) is 16.3 Å². The molecule has 0 heterocycles. The molecule has 0 unspecified atom stereocenters. The van der Waals surface area contributed by atoms with Crippen LogP contribution in [-0.2, 0) is 17.8 Å². The summed E-state index contributed by atoms with van der Waals surface area (Å²) in [4.78, 5) is 11.8. The summed E-state index contributed by atoms with van der Waals surface area (Å²) in [5, 5.41) is 3.50. The molecule has 0 fully saturated rings. The molecule has 1 N–H and O–H groups in total. The van der Waals surface area contributed by atoms with Crippen molar-refractivity contribution in [2.24, 2.45) is 0 Å². The number of amides is 1. The highest BCUT2D eigenvalue weighted by Gasteiger charge is 2.05. The summed E-state index contributed by atoms with van der Waals surface area (Å²) in [6.07, 6.45) is 0.878. The van der Waals surface area contributed by atoms with Crippen molar-refractivity contribution in [1.29, 1.82) is 0 Å². The molecule has 0 radical (unpaired) electrons. The number of rotatable bonds is 6. The maximum atomic E-state index is 11.8. The van der Waals surface area contributed by atoms with E-state index in [0.29, 0.717) is 11.6 Å². The van der Waals surface area contributed by atoms with Gasteiger partial charge in [0.2, 0.25) is 0 Å². The molecular formula is C17H18ClNO2. The summed E-state index contributed by atoms with van der Waals surface area (Å²) < 4.78 is 5.56. The quantitative estimate of drug-likeness (QED) is 0.885. The van der Waals surface area contributed by atoms with Crippen molar-refractivity contribution in [2.75, 3.05) is 6.61 Å². The fourth-order valence-corrected chi connectivity index (χ4v) is 2.06. The standard InChI is InChI=1S/C17H18ClNO2/c1-2-14-5-3-4-6-16(14)21-12-17(20)19-11-13-7-9-15(18)10-8-13/h3-10H,2,11-12H2,1H3,(H,19,20). The van der Waals surface area contributed by atoms with Gasteiger partial charge < -0.3 is 10.1 Å². The average molecular weight is 304 g/mol. The normalized spacial score (nSPS) is 10.2. The van der Waals surface area contributed by atoms with Crippen LogP contribution in [0.25, 0.3) is 0 Å². The van der Waals surface area contributed by atoms with Crippen molar-refractivity contribution in [3.63, 3.8) is 0 Å². The summed E-state index contributed by atoms with van der Waals surface area (Å²) in [7, 11) is 0. The SMILES string of the molecule is CCc1ccccc1OCC(=O)NCc1ccc(Cl)cc1. The van der Waals surface area contributed by atoms with E-state index < -0.39 is 0 Å². The van der Waals surface area contributed by atoms with Crippen LogP contribution in [0, 0.1) is 0 Å². The summed E-state index contributed by atoms with van der Waals surface area (Å²) in [5.41, 5.74) is 2.10. The Bertz CT molecular complexity index is 596. The van der Waals surface area contributed by atoms with E-state index in [1.807, 2.05) is 36.4 Å². The number of benzene rings is 2. The Kier molecular flexibility index (Phi) is 5.64. The maximum Gasteiger partial charge on any atom is 0.258 e. The second-order valence-electron chi connectivity index (χ2n) is 4.65. The molecule has 2 rings (SSSR count). The van der Waals surface area contributed by atoms with Crippen molar-refractivity contribution in [1.82, 2.24) is 5.32 Å². The zero-order valence-corrected chi connectivity index (χ0v) is 12.7. The number of carbonyl (C=O) groups is 1. The first-order chi connectivity index (χ1) is 10.2. The maximum absolute atomic E-state index is 11.8. The van der Waals surface area contributed by atoms with E-state index in [1.165, 1.54) is 0 Å². The van der Waals surface area contributed by atoms with E-state index in [2.05, 4.69) is 12.2 Å². The summed E-state index contributed by atoms with van der Waals surface area (Å²) >= 11 is 5.81. The van der Waals surface area contributed by atoms with E-state index in [9.17, 15) is 4.79 Å². The van der Waals surface area contributed by atoms with Crippen molar-refractivity contribution in [2.45, 2.75) is 19.9 Å². The van der Waals surface area contributed by atoms with Gasteiger partial charge in [0.05, 0.1) is 0 Å². The summed E-state index contributed by atoms with van der Waals surface area (Å²) in [5.74, 6) is 0.623. The minimum atomic E-state index is -0.143. The van der Waals surface area contributed by atoms with Crippen LogP contribution in [0.4, 0.5) is 0 Å². The molecule has 0 atom stereocenters. The molecule has 0 bridgehead atoms. The molecule has 0 aliphatic heterocycles. The van der Waals surface area contributed by atoms with Crippen LogP contribution in [0.2, 0.25) is 5.02 Å². The second kappa shape index (κ2) is 7.70. The lowest BCUT2D eigenvalue weighted by atomic mass is 10.1. The zero-order valence-electron chi connectivity index (χ0n) is 11.9. The predicted octanol–water partition coefficient (Wildman–Crippen LogP) is 3.60. The fraction of sp³-hybridized carbons (Fsp3) is 0.235. The fourth-order valence-electron chi connectivity index (χ4n) is 1.93. The van der Waals surface area contributed by atoms with E-state index >= 15 is 0 Å². The molecule has 1 amide bonds. The molecule has 0 aromatic heterocycles. The molecule has 3 nitrogen and oxygen atoms in total. The third kappa shape index (κ3) is 4.80. The minimum Gasteiger partial charge on any atom is -0.483 e. The van der Waals surface area contributed by atoms with E-state index in [1.54, 1.807) is 12.1 Å². The third-order valence-electron chi connectivity index (χ3n) is 3.12. The molecular weight excluding hydrogens is 286 g/mol. The lowest BCUT2D eigenvalue weighted by Gasteiger charge is -2.10. The highest BCUT2D eigenvalue weighted by molar-refractivity contribution is 6.30. The van der Waals surface area contributed by atoms with Gasteiger partial charge in [0.1, 0.15) is 5.75 Å². The summed E-state index contributed by atoms with van der Waals surface area (Å²) in [6, 6.07) is 15.1. The molecule has 0 aliphatic carbocycles. The monoisotopic (exact) mass is 303 g/mol. The molecule has 21 heavy (non-hydrogen) atoms. The molecule has 0 saturated heterocycles. The molecule has 0 spiro atoms. The van der Waals surface area contributed by atoms with Gasteiger partial charge in [0.25, 0.3) is 5.91 Å². The third-order valence-corrected chi connectivity index (χ3v) is 3.37. The Morgan fingerprint density at radius 2 is 1.86 bits per heavy atom. The lowest BCUT2D eigenvalue weighted by Crippen LogP contribution is -2.28. The van der Waals surface area contributed by atoms with Crippen LogP contribution >= 0.6 is 11.6 Å². The molecule has 2 aromatic rings. The van der Waals surface area contributed by atoms with E-state index in [-0.39, 0.29) is 12.5 Å². The smallest absolute Gasteiger partial charge is 0.258 e. The Morgan fingerprint density at radius 3 is 2.57 bits per heavy atom. The number of aryl methyl sites for hydroxylation is 1. The van der Waals surface area contributed by atoms with Crippen molar-refractivity contribution >= 4 is 17.5 Å². The van der Waals surface area contributed by atoms with Crippen LogP contribution < -0.4 is 10.1 Å². The number of para-hydroxylation sites is 1. The van der Waals surface area contributed by atoms with Gasteiger partial charge in [-0.25, -0.2) is 0 Å². The summed E-state index contributed by atoms with van der Waals surface area (Å²) in [6.45, 7) is 2.54. The first kappa shape index (κ1) is 15.4. The number of hydrogen-bond acceptors (Lipinski definition) is 2. The number of halogens is 1. The number of ether oxygens (including phenoxy) is 1. The predicted molar refractivity (Wildman–Crippen MR) is 84.6 cm³/mol. The van der Waals surface area contributed by atoms with Gasteiger partial charge in [-0.1, -0.05) is 48.9 Å². The average Bonchev–Trinajstić information content (AvgIpc) is 2.52. The van der Waals surface area contributed by atoms with Crippen molar-refractivity contribution in [3.8, 4) is 5.75 Å². The highest BCUT2D eigenvalue weighted by Crippen LogP contribution is 2.18. The Morgan fingerprint density at radius 1 is 1.14 bits per heavy atom. The molecule has 110 valence electrons. The van der Waals surface area contributed by atoms with Crippen molar-refractivity contribution < 1.29 is 9.53 Å². The zero-order chi connectivity index (χ0) is 15.1. The van der Waals surface area contributed by atoms with Crippen LogP contribution in [-0.4, -0.2) is 12.5 Å². The van der Waals surface area contributed by atoms with E-state index in [0.717, 1.165) is 23.3 Å². The molecule has 0 saturated carbocycles. The van der Waals surface area contributed by atoms with Crippen LogP contribution in [0.1, 0.15) is 18.1 Å². The van der Waals surface area contributed by atoms with Crippen LogP contribution in [0.5, 0.6) is 5.75 Å². The van der Waals surface area contributed by atoms with Crippen LogP contribution in [0.3, 0.4) is 0 Å². The second-order valence-corrected chi connectivity index (χ2v) is 5.09. The van der Waals surface area contributed by atoms with Crippen molar-refractivity contribution in [3.05, 3.63) is 64.7 Å². The first-order valence-electron chi connectivity index (χ1n) is 6.91. The Labute approximate surface area is 129 Å². The number of nitrogens with one attached hydrogen (secondary N) is 1. The van der Waals surface area contributed by atoms with Gasteiger partial charge in [-0.2, -0.15) is 0 Å². The largest absolute Gasteiger partial charge is 0.483 e. The highest BCUT2D eigenvalue weighted by atomic mass is 35.5. The minimum absolute atomic E-state index is 0.0185. The first-order valence-corrected chi connectivity index (χ1v) is 7.28. The Hall–Kier alpha value is -2.00. The number of hydrogen-bond donors (Lipinski definition) is 1. The Balaban J connectivity index is 1.81. The van der Waals surface area contributed by atoms with Gasteiger partial charge in [0, 0.05) is 11.6 Å². The lowest BCUT2D eigenvalue weighted by molar-refractivity contribution is -0.123. The van der Waals surface area contributed by atoms with Gasteiger partial charge in [0.15, 0.2) is 6.61 Å². The molecule has 4 heteroatoms. The number of carbonyl (C=O) groups excluding carboxylic acids is 1. The van der Waals surface area contributed by atoms with Gasteiger partial charge in [-0.3, -0.25) is 4.79 Å². The topological polar surface area (TPSA) is 38.3 Å². The molecule has 0 aliphatic rings. The van der Waals surface area contributed by atoms with Gasteiger partial charge in [-0.15, -0.1) is 0 Å². The van der Waals surface area contributed by atoms with Gasteiger partial charge >= 0.3 is 0 Å². The molecule has 2 aromatic carbocycles. The van der Waals surface area contributed by atoms with Crippen LogP contribution in [0.15, 0.2) is 48.5 Å².